The molecule has 0 aliphatic rings. The van der Waals surface area contributed by atoms with Gasteiger partial charge in [0, 0.05) is 13.7 Å². The zero-order valence-electron chi connectivity index (χ0n) is 14.4. The summed E-state index contributed by atoms with van der Waals surface area (Å²) in [5.74, 6) is 1.08. The van der Waals surface area contributed by atoms with Gasteiger partial charge in [-0.25, -0.2) is 0 Å². The Balaban J connectivity index is 1.75. The number of aromatic nitrogens is 3. The van der Waals surface area contributed by atoms with Crippen molar-refractivity contribution in [2.75, 3.05) is 26.0 Å². The van der Waals surface area contributed by atoms with Gasteiger partial charge < -0.3 is 10.1 Å². The van der Waals surface area contributed by atoms with Crippen molar-refractivity contribution in [3.8, 4) is 10.7 Å². The van der Waals surface area contributed by atoms with Crippen LogP contribution in [0.3, 0.4) is 0 Å². The number of carbonyl (C=O) groups excluding carboxylic acids is 1. The Morgan fingerprint density at radius 3 is 2.81 bits per heavy atom. The molecule has 0 saturated heterocycles. The summed E-state index contributed by atoms with van der Waals surface area (Å²) >= 11 is 3.02. The Hall–Kier alpha value is -2.16. The van der Waals surface area contributed by atoms with Gasteiger partial charge in [0.1, 0.15) is 0 Å². The summed E-state index contributed by atoms with van der Waals surface area (Å²) in [6.07, 6.45) is 0. The number of methoxy groups -OCH3 is 1. The molecule has 1 amide bonds. The maximum absolute atomic E-state index is 12.0. The van der Waals surface area contributed by atoms with Crippen molar-refractivity contribution in [3.05, 3.63) is 53.4 Å². The Bertz CT molecular complexity index is 819. The number of thiophene rings is 1. The van der Waals surface area contributed by atoms with Gasteiger partial charge in [-0.05, 0) is 17.0 Å². The molecule has 0 spiro atoms. The minimum atomic E-state index is -0.0426. The summed E-state index contributed by atoms with van der Waals surface area (Å²) in [6.45, 7) is 1.67. The fraction of sp³-hybridized carbons (Fsp3) is 0.278. The maximum atomic E-state index is 12.0. The Morgan fingerprint density at radius 1 is 1.23 bits per heavy atom. The first-order chi connectivity index (χ1) is 12.8. The normalized spacial score (nSPS) is 10.8. The van der Waals surface area contributed by atoms with Crippen molar-refractivity contribution >= 4 is 29.0 Å². The third-order valence-corrected chi connectivity index (χ3v) is 5.44. The van der Waals surface area contributed by atoms with Crippen LogP contribution < -0.4 is 5.32 Å². The van der Waals surface area contributed by atoms with E-state index in [0.29, 0.717) is 25.4 Å². The van der Waals surface area contributed by atoms with E-state index in [2.05, 4.69) is 32.2 Å². The molecule has 0 saturated carbocycles. The van der Waals surface area contributed by atoms with Gasteiger partial charge in [-0.1, -0.05) is 48.2 Å². The molecule has 0 fully saturated rings. The van der Waals surface area contributed by atoms with Crippen molar-refractivity contribution in [1.82, 2.24) is 20.1 Å². The Kier molecular flexibility index (Phi) is 6.82. The number of hydrogen-bond acceptors (Lipinski definition) is 6. The predicted molar refractivity (Wildman–Crippen MR) is 104 cm³/mol. The van der Waals surface area contributed by atoms with Crippen LogP contribution in [-0.4, -0.2) is 46.7 Å². The molecule has 3 aromatic rings. The lowest BCUT2D eigenvalue weighted by Crippen LogP contribution is -2.28. The zero-order chi connectivity index (χ0) is 18.2. The van der Waals surface area contributed by atoms with Gasteiger partial charge in [-0.3, -0.25) is 9.36 Å². The van der Waals surface area contributed by atoms with Crippen molar-refractivity contribution in [1.29, 1.82) is 0 Å². The van der Waals surface area contributed by atoms with Crippen molar-refractivity contribution < 1.29 is 9.53 Å². The SMILES string of the molecule is COCCNC(=O)CSc1nnc(-c2cccs2)n1Cc1ccccc1. The molecule has 0 aliphatic carbocycles. The van der Waals surface area contributed by atoms with E-state index in [0.717, 1.165) is 21.4 Å². The molecule has 136 valence electrons. The lowest BCUT2D eigenvalue weighted by Gasteiger charge is -2.10. The molecule has 0 atom stereocenters. The van der Waals surface area contributed by atoms with Crippen LogP contribution in [0.1, 0.15) is 5.56 Å². The highest BCUT2D eigenvalue weighted by molar-refractivity contribution is 7.99. The molecular weight excluding hydrogens is 368 g/mol. The van der Waals surface area contributed by atoms with E-state index in [4.69, 9.17) is 4.74 Å². The van der Waals surface area contributed by atoms with Crippen molar-refractivity contribution in [3.63, 3.8) is 0 Å². The molecule has 0 aliphatic heterocycles. The van der Waals surface area contributed by atoms with Crippen LogP contribution in [0.2, 0.25) is 0 Å². The van der Waals surface area contributed by atoms with Crippen LogP contribution in [0, 0.1) is 0 Å². The maximum Gasteiger partial charge on any atom is 0.230 e. The molecular formula is C18H20N4O2S2. The first-order valence-corrected chi connectivity index (χ1v) is 10.0. The third kappa shape index (κ3) is 4.94. The summed E-state index contributed by atoms with van der Waals surface area (Å²) in [7, 11) is 1.61. The highest BCUT2D eigenvalue weighted by Gasteiger charge is 2.16. The van der Waals surface area contributed by atoms with Gasteiger partial charge >= 0.3 is 0 Å². The van der Waals surface area contributed by atoms with E-state index in [1.54, 1.807) is 18.4 Å². The average molecular weight is 389 g/mol. The zero-order valence-corrected chi connectivity index (χ0v) is 16.1. The number of hydrogen-bond donors (Lipinski definition) is 1. The Morgan fingerprint density at radius 2 is 2.08 bits per heavy atom. The van der Waals surface area contributed by atoms with E-state index < -0.39 is 0 Å². The predicted octanol–water partition coefficient (Wildman–Crippen LogP) is 2.91. The fourth-order valence-corrected chi connectivity index (χ4v) is 3.85. The molecule has 8 heteroatoms. The second kappa shape index (κ2) is 9.51. The van der Waals surface area contributed by atoms with Gasteiger partial charge in [0.15, 0.2) is 11.0 Å². The minimum Gasteiger partial charge on any atom is -0.383 e. The van der Waals surface area contributed by atoms with Crippen LogP contribution in [-0.2, 0) is 16.1 Å². The van der Waals surface area contributed by atoms with E-state index in [-0.39, 0.29) is 5.91 Å². The number of thioether (sulfide) groups is 1. The van der Waals surface area contributed by atoms with Crippen LogP contribution in [0.5, 0.6) is 0 Å². The topological polar surface area (TPSA) is 69.0 Å². The summed E-state index contributed by atoms with van der Waals surface area (Å²) < 4.78 is 7.00. The fourth-order valence-electron chi connectivity index (χ4n) is 2.37. The van der Waals surface area contributed by atoms with Crippen LogP contribution >= 0.6 is 23.1 Å². The first-order valence-electron chi connectivity index (χ1n) is 8.17. The monoisotopic (exact) mass is 388 g/mol. The number of nitrogens with zero attached hydrogens (tertiary/aromatic N) is 3. The number of amides is 1. The van der Waals surface area contributed by atoms with Crippen LogP contribution in [0.4, 0.5) is 0 Å². The molecule has 3 rings (SSSR count). The number of benzene rings is 1. The molecule has 0 unspecified atom stereocenters. The number of ether oxygens (including phenoxy) is 1. The molecule has 0 radical (unpaired) electrons. The second-order valence-electron chi connectivity index (χ2n) is 5.49. The van der Waals surface area contributed by atoms with Gasteiger partial charge in [-0.15, -0.1) is 21.5 Å². The molecule has 1 N–H and O–H groups in total. The molecule has 6 nitrogen and oxygen atoms in total. The average Bonchev–Trinajstić information content (AvgIpc) is 3.31. The summed E-state index contributed by atoms with van der Waals surface area (Å²) in [5.41, 5.74) is 1.16. The lowest BCUT2D eigenvalue weighted by atomic mass is 10.2. The van der Waals surface area contributed by atoms with Crippen LogP contribution in [0.15, 0.2) is 53.0 Å². The molecule has 2 aromatic heterocycles. The molecule has 2 heterocycles. The standard InChI is InChI=1S/C18H20N4O2S2/c1-24-10-9-19-16(23)13-26-18-21-20-17(15-8-5-11-25-15)22(18)12-14-6-3-2-4-7-14/h2-8,11H,9-10,12-13H2,1H3,(H,19,23). The van der Waals surface area contributed by atoms with Gasteiger partial charge in [0.25, 0.3) is 0 Å². The number of carbonyl (C=O) groups is 1. The lowest BCUT2D eigenvalue weighted by molar-refractivity contribution is -0.118. The van der Waals surface area contributed by atoms with E-state index in [1.165, 1.54) is 11.8 Å². The number of nitrogens with one attached hydrogen (secondary N) is 1. The minimum absolute atomic E-state index is 0.0426. The van der Waals surface area contributed by atoms with E-state index in [9.17, 15) is 4.79 Å². The van der Waals surface area contributed by atoms with Gasteiger partial charge in [0.2, 0.25) is 5.91 Å². The first kappa shape index (κ1) is 18.6. The Labute approximate surface area is 160 Å². The smallest absolute Gasteiger partial charge is 0.230 e. The summed E-state index contributed by atoms with van der Waals surface area (Å²) in [6, 6.07) is 14.2. The van der Waals surface area contributed by atoms with Crippen LogP contribution in [0.25, 0.3) is 10.7 Å². The van der Waals surface area contributed by atoms with E-state index >= 15 is 0 Å². The van der Waals surface area contributed by atoms with E-state index in [1.807, 2.05) is 35.7 Å². The van der Waals surface area contributed by atoms with Gasteiger partial charge in [-0.2, -0.15) is 0 Å². The second-order valence-corrected chi connectivity index (χ2v) is 7.38. The summed E-state index contributed by atoms with van der Waals surface area (Å²) in [4.78, 5) is 13.0. The highest BCUT2D eigenvalue weighted by Crippen LogP contribution is 2.28. The highest BCUT2D eigenvalue weighted by atomic mass is 32.2. The van der Waals surface area contributed by atoms with Gasteiger partial charge in [0.05, 0.1) is 23.8 Å². The third-order valence-electron chi connectivity index (χ3n) is 3.60. The van der Waals surface area contributed by atoms with Crippen molar-refractivity contribution in [2.24, 2.45) is 0 Å². The molecule has 0 bridgehead atoms. The summed E-state index contributed by atoms with van der Waals surface area (Å²) in [5, 5.41) is 14.2. The molecule has 26 heavy (non-hydrogen) atoms. The quantitative estimate of drug-likeness (QED) is 0.451. The largest absolute Gasteiger partial charge is 0.383 e. The number of rotatable bonds is 9. The molecule has 1 aromatic carbocycles. The van der Waals surface area contributed by atoms with Crippen molar-refractivity contribution in [2.45, 2.75) is 11.7 Å².